The molecular weight excluding hydrogens is 218 g/mol. The molecule has 1 aromatic rings. The number of hydrogen-bond donors (Lipinski definition) is 2. The first-order valence-electron chi connectivity index (χ1n) is 5.91. The summed E-state index contributed by atoms with van der Waals surface area (Å²) in [5, 5.41) is 7.76. The number of nitrogens with zero attached hydrogens (tertiary/aromatic N) is 1. The lowest BCUT2D eigenvalue weighted by molar-refractivity contribution is 0.0947. The summed E-state index contributed by atoms with van der Waals surface area (Å²) < 4.78 is 0. The maximum atomic E-state index is 6.00. The number of hydrogen-bond acceptors (Lipinski definition) is 4. The molecule has 2 rings (SSSR count). The predicted octanol–water partition coefficient (Wildman–Crippen LogP) is 0.913. The van der Waals surface area contributed by atoms with Crippen molar-refractivity contribution in [3.8, 4) is 0 Å². The van der Waals surface area contributed by atoms with Gasteiger partial charge in [-0.05, 0) is 35.7 Å². The fraction of sp³-hybridized carbons (Fsp3) is 0.667. The Morgan fingerprint density at radius 2 is 2.25 bits per heavy atom. The maximum Gasteiger partial charge on any atom is 0.0345 e. The summed E-state index contributed by atoms with van der Waals surface area (Å²) in [5.41, 5.74) is 7.52. The zero-order chi connectivity index (χ0) is 11.4. The molecule has 90 valence electrons. The Morgan fingerprint density at radius 3 is 2.81 bits per heavy atom. The second-order valence-corrected chi connectivity index (χ2v) is 5.53. The van der Waals surface area contributed by atoms with Gasteiger partial charge in [0.05, 0.1) is 0 Å². The summed E-state index contributed by atoms with van der Waals surface area (Å²) in [6, 6.07) is 2.21. The van der Waals surface area contributed by atoms with Gasteiger partial charge >= 0.3 is 0 Å². The lowest BCUT2D eigenvalue weighted by Gasteiger charge is -2.43. The van der Waals surface area contributed by atoms with Crippen LogP contribution in [0.1, 0.15) is 12.5 Å². The van der Waals surface area contributed by atoms with Crippen LogP contribution in [0.4, 0.5) is 0 Å². The van der Waals surface area contributed by atoms with E-state index in [1.807, 2.05) is 0 Å². The smallest absolute Gasteiger partial charge is 0.0345 e. The molecule has 2 heterocycles. The Kier molecular flexibility index (Phi) is 3.97. The monoisotopic (exact) mass is 239 g/mol. The number of thiophene rings is 1. The van der Waals surface area contributed by atoms with Crippen LogP contribution in [-0.4, -0.2) is 43.2 Å². The molecule has 1 atom stereocenters. The van der Waals surface area contributed by atoms with Crippen LogP contribution in [0.2, 0.25) is 0 Å². The van der Waals surface area contributed by atoms with E-state index in [0.717, 1.165) is 39.1 Å². The minimum absolute atomic E-state index is 0.114. The van der Waals surface area contributed by atoms with Gasteiger partial charge in [-0.25, -0.2) is 0 Å². The Hall–Kier alpha value is -0.420. The molecule has 3 N–H and O–H groups in total. The highest BCUT2D eigenvalue weighted by molar-refractivity contribution is 7.07. The van der Waals surface area contributed by atoms with Gasteiger partial charge in [-0.15, -0.1) is 0 Å². The minimum Gasteiger partial charge on any atom is -0.329 e. The summed E-state index contributed by atoms with van der Waals surface area (Å²) >= 11 is 1.77. The number of nitrogens with two attached hydrogens (primary N) is 1. The van der Waals surface area contributed by atoms with Crippen molar-refractivity contribution in [3.05, 3.63) is 22.4 Å². The van der Waals surface area contributed by atoms with E-state index in [-0.39, 0.29) is 5.54 Å². The normalized spacial score (nSPS) is 21.9. The van der Waals surface area contributed by atoms with Gasteiger partial charge in [0.25, 0.3) is 0 Å². The van der Waals surface area contributed by atoms with Gasteiger partial charge in [0.2, 0.25) is 0 Å². The van der Waals surface area contributed by atoms with Gasteiger partial charge in [-0.2, -0.15) is 11.3 Å². The minimum atomic E-state index is 0.114. The molecule has 1 aliphatic rings. The molecule has 0 saturated carbocycles. The maximum absolute atomic E-state index is 6.00. The predicted molar refractivity (Wildman–Crippen MR) is 69.9 cm³/mol. The first-order chi connectivity index (χ1) is 7.74. The van der Waals surface area contributed by atoms with Gasteiger partial charge in [0, 0.05) is 38.3 Å². The largest absolute Gasteiger partial charge is 0.329 e. The summed E-state index contributed by atoms with van der Waals surface area (Å²) in [7, 11) is 0. The third-order valence-electron chi connectivity index (χ3n) is 3.49. The molecule has 0 amide bonds. The Bertz CT molecular complexity index is 306. The van der Waals surface area contributed by atoms with Gasteiger partial charge in [0.15, 0.2) is 0 Å². The van der Waals surface area contributed by atoms with Crippen molar-refractivity contribution in [1.82, 2.24) is 10.2 Å². The second-order valence-electron chi connectivity index (χ2n) is 4.75. The van der Waals surface area contributed by atoms with E-state index >= 15 is 0 Å². The van der Waals surface area contributed by atoms with Gasteiger partial charge in [0.1, 0.15) is 0 Å². The fourth-order valence-corrected chi connectivity index (χ4v) is 3.02. The van der Waals surface area contributed by atoms with Crippen LogP contribution >= 0.6 is 11.3 Å². The number of rotatable bonds is 4. The zero-order valence-corrected chi connectivity index (χ0v) is 10.7. The van der Waals surface area contributed by atoms with E-state index in [0.29, 0.717) is 0 Å². The molecule has 0 spiro atoms. The van der Waals surface area contributed by atoms with Crippen molar-refractivity contribution < 1.29 is 0 Å². The zero-order valence-electron chi connectivity index (χ0n) is 9.91. The fourth-order valence-electron chi connectivity index (χ4n) is 2.35. The van der Waals surface area contributed by atoms with Crippen molar-refractivity contribution in [1.29, 1.82) is 0 Å². The first-order valence-corrected chi connectivity index (χ1v) is 6.86. The molecular formula is C12H21N3S. The van der Waals surface area contributed by atoms with E-state index in [9.17, 15) is 0 Å². The van der Waals surface area contributed by atoms with E-state index < -0.39 is 0 Å². The Balaban J connectivity index is 2.05. The molecule has 1 saturated heterocycles. The molecule has 1 unspecified atom stereocenters. The summed E-state index contributed by atoms with van der Waals surface area (Å²) in [6.45, 7) is 7.40. The van der Waals surface area contributed by atoms with Crippen molar-refractivity contribution in [2.75, 3.05) is 32.7 Å². The Labute approximate surface area is 102 Å². The third-order valence-corrected chi connectivity index (χ3v) is 4.22. The summed E-state index contributed by atoms with van der Waals surface area (Å²) in [6.07, 6.45) is 1.06. The van der Waals surface area contributed by atoms with E-state index in [1.165, 1.54) is 5.56 Å². The van der Waals surface area contributed by atoms with E-state index in [4.69, 9.17) is 5.73 Å². The van der Waals surface area contributed by atoms with Gasteiger partial charge in [-0.1, -0.05) is 0 Å². The van der Waals surface area contributed by atoms with Crippen LogP contribution in [0.3, 0.4) is 0 Å². The quantitative estimate of drug-likeness (QED) is 0.821. The highest BCUT2D eigenvalue weighted by Crippen LogP contribution is 2.21. The van der Waals surface area contributed by atoms with Crippen LogP contribution in [0, 0.1) is 0 Å². The van der Waals surface area contributed by atoms with Crippen molar-refractivity contribution >= 4 is 11.3 Å². The lowest BCUT2D eigenvalue weighted by Crippen LogP contribution is -2.59. The van der Waals surface area contributed by atoms with Crippen molar-refractivity contribution in [3.63, 3.8) is 0 Å². The van der Waals surface area contributed by atoms with Crippen LogP contribution in [0.25, 0.3) is 0 Å². The number of nitrogens with one attached hydrogen (secondary N) is 1. The van der Waals surface area contributed by atoms with Crippen LogP contribution < -0.4 is 11.1 Å². The average molecular weight is 239 g/mol. The molecule has 0 bridgehead atoms. The standard InChI is InChI=1S/C12H21N3S/c1-12(10-13,8-11-2-7-16-9-11)15-5-3-14-4-6-15/h2,7,9,14H,3-6,8,10,13H2,1H3. The molecule has 0 aromatic carbocycles. The molecule has 1 aliphatic heterocycles. The van der Waals surface area contributed by atoms with Crippen molar-refractivity contribution in [2.24, 2.45) is 5.73 Å². The van der Waals surface area contributed by atoms with Gasteiger partial charge < -0.3 is 11.1 Å². The second kappa shape index (κ2) is 5.27. The lowest BCUT2D eigenvalue weighted by atomic mass is 9.91. The topological polar surface area (TPSA) is 41.3 Å². The first kappa shape index (κ1) is 12.0. The van der Waals surface area contributed by atoms with E-state index in [2.05, 4.69) is 34.0 Å². The molecule has 0 aliphatic carbocycles. The highest BCUT2D eigenvalue weighted by atomic mass is 32.1. The van der Waals surface area contributed by atoms with Crippen molar-refractivity contribution in [2.45, 2.75) is 18.9 Å². The van der Waals surface area contributed by atoms with Crippen LogP contribution in [0.5, 0.6) is 0 Å². The summed E-state index contributed by atoms with van der Waals surface area (Å²) in [5.74, 6) is 0. The SMILES string of the molecule is CC(CN)(Cc1ccsc1)N1CCNCC1. The molecule has 16 heavy (non-hydrogen) atoms. The van der Waals surface area contributed by atoms with Crippen LogP contribution in [-0.2, 0) is 6.42 Å². The molecule has 1 aromatic heterocycles. The highest BCUT2D eigenvalue weighted by Gasteiger charge is 2.31. The van der Waals surface area contributed by atoms with Crippen LogP contribution in [0.15, 0.2) is 16.8 Å². The molecule has 3 nitrogen and oxygen atoms in total. The summed E-state index contributed by atoms with van der Waals surface area (Å²) in [4.78, 5) is 2.53. The molecule has 4 heteroatoms. The average Bonchev–Trinajstić information content (AvgIpc) is 2.83. The molecule has 0 radical (unpaired) electrons. The number of piperazine rings is 1. The van der Waals surface area contributed by atoms with Gasteiger partial charge in [-0.3, -0.25) is 4.90 Å². The third kappa shape index (κ3) is 2.63. The molecule has 1 fully saturated rings. The Morgan fingerprint density at radius 1 is 1.50 bits per heavy atom. The van der Waals surface area contributed by atoms with E-state index in [1.54, 1.807) is 11.3 Å².